The average molecular weight is 449 g/mol. The molecule has 0 aliphatic heterocycles. The van der Waals surface area contributed by atoms with Crippen molar-refractivity contribution in [1.29, 1.82) is 0 Å². The van der Waals surface area contributed by atoms with E-state index in [1.807, 2.05) is 6.92 Å². The van der Waals surface area contributed by atoms with Crippen LogP contribution in [0.3, 0.4) is 0 Å². The Balaban J connectivity index is 2.39. The Bertz CT molecular complexity index is 993. The van der Waals surface area contributed by atoms with E-state index in [4.69, 9.17) is 11.6 Å². The van der Waals surface area contributed by atoms with Crippen LogP contribution in [0, 0.1) is 6.92 Å². The van der Waals surface area contributed by atoms with Crippen LogP contribution in [-0.2, 0) is 21.0 Å². The molecule has 1 amide bonds. The number of aryl methyl sites for hydroxylation is 1. The molecule has 0 saturated heterocycles. The molecular formula is C19H20ClF3N2O3S. The number of halogens is 4. The molecule has 0 radical (unpaired) electrons. The number of anilines is 2. The molecule has 2 aromatic carbocycles. The molecule has 5 nitrogen and oxygen atoms in total. The van der Waals surface area contributed by atoms with E-state index >= 15 is 0 Å². The summed E-state index contributed by atoms with van der Waals surface area (Å²) >= 11 is 5.59. The topological polar surface area (TPSA) is 66.5 Å². The smallest absolute Gasteiger partial charge is 0.324 e. The van der Waals surface area contributed by atoms with Crippen LogP contribution in [0.15, 0.2) is 42.5 Å². The maximum Gasteiger partial charge on any atom is 0.417 e. The van der Waals surface area contributed by atoms with Gasteiger partial charge < -0.3 is 5.32 Å². The maximum absolute atomic E-state index is 13.0. The van der Waals surface area contributed by atoms with E-state index in [-0.39, 0.29) is 17.8 Å². The number of nitrogens with zero attached hydrogens (tertiary/aromatic N) is 1. The molecule has 158 valence electrons. The lowest BCUT2D eigenvalue weighted by Gasteiger charge is -2.30. The minimum Gasteiger partial charge on any atom is -0.324 e. The summed E-state index contributed by atoms with van der Waals surface area (Å²) in [6.45, 7) is 3.44. The molecule has 29 heavy (non-hydrogen) atoms. The summed E-state index contributed by atoms with van der Waals surface area (Å²) < 4.78 is 64.9. The van der Waals surface area contributed by atoms with Crippen LogP contribution < -0.4 is 9.62 Å². The Hall–Kier alpha value is -2.26. The number of carbonyl (C=O) groups is 1. The zero-order valence-corrected chi connectivity index (χ0v) is 17.5. The number of rotatable bonds is 6. The first-order chi connectivity index (χ1) is 13.3. The molecule has 0 bridgehead atoms. The van der Waals surface area contributed by atoms with Crippen molar-refractivity contribution < 1.29 is 26.4 Å². The van der Waals surface area contributed by atoms with Crippen molar-refractivity contribution in [2.24, 2.45) is 0 Å². The fraction of sp³-hybridized carbons (Fsp3) is 0.316. The van der Waals surface area contributed by atoms with Gasteiger partial charge in [0.25, 0.3) is 0 Å². The molecule has 0 aliphatic carbocycles. The van der Waals surface area contributed by atoms with Gasteiger partial charge in [-0.3, -0.25) is 9.10 Å². The van der Waals surface area contributed by atoms with Gasteiger partial charge in [-0.05, 0) is 43.7 Å². The van der Waals surface area contributed by atoms with E-state index in [1.165, 1.54) is 6.07 Å². The third-order valence-corrected chi connectivity index (χ3v) is 5.67. The number of carbonyl (C=O) groups excluding carboxylic acids is 1. The maximum atomic E-state index is 13.0. The third-order valence-electron chi connectivity index (χ3n) is 4.16. The first kappa shape index (κ1) is 23.0. The first-order valence-electron chi connectivity index (χ1n) is 8.58. The number of nitrogens with one attached hydrogen (secondary N) is 1. The summed E-state index contributed by atoms with van der Waals surface area (Å²) in [6.07, 6.45) is -3.62. The summed E-state index contributed by atoms with van der Waals surface area (Å²) in [5.74, 6) is -0.756. The van der Waals surface area contributed by atoms with Crippen LogP contribution in [0.5, 0.6) is 0 Å². The molecule has 0 aliphatic rings. The summed E-state index contributed by atoms with van der Waals surface area (Å²) in [5, 5.41) is 1.86. The van der Waals surface area contributed by atoms with Gasteiger partial charge in [0.15, 0.2) is 0 Å². The second kappa shape index (κ2) is 8.62. The van der Waals surface area contributed by atoms with Gasteiger partial charge in [-0.2, -0.15) is 13.2 Å². The summed E-state index contributed by atoms with van der Waals surface area (Å²) in [5.41, 5.74) is -0.0428. The Morgan fingerprint density at radius 2 is 1.76 bits per heavy atom. The van der Waals surface area contributed by atoms with Gasteiger partial charge in [-0.1, -0.05) is 36.2 Å². The van der Waals surface area contributed by atoms with E-state index in [9.17, 15) is 26.4 Å². The average Bonchev–Trinajstić information content (AvgIpc) is 2.60. The van der Waals surface area contributed by atoms with Crippen LogP contribution in [-0.4, -0.2) is 26.6 Å². The van der Waals surface area contributed by atoms with Crippen LogP contribution in [0.2, 0.25) is 5.02 Å². The highest BCUT2D eigenvalue weighted by Gasteiger charge is 2.35. The van der Waals surface area contributed by atoms with Crippen molar-refractivity contribution in [2.45, 2.75) is 32.5 Å². The Morgan fingerprint density at radius 3 is 2.24 bits per heavy atom. The Labute approximate surface area is 172 Å². The molecule has 0 fully saturated rings. The predicted octanol–water partition coefficient (Wildman–Crippen LogP) is 4.85. The summed E-state index contributed by atoms with van der Waals surface area (Å²) in [7, 11) is -3.85. The third kappa shape index (κ3) is 5.63. The highest BCUT2D eigenvalue weighted by atomic mass is 35.5. The van der Waals surface area contributed by atoms with Gasteiger partial charge in [-0.15, -0.1) is 0 Å². The van der Waals surface area contributed by atoms with E-state index in [1.54, 1.807) is 31.2 Å². The molecule has 10 heteroatoms. The Morgan fingerprint density at radius 1 is 1.17 bits per heavy atom. The minimum absolute atomic E-state index is 0.104. The molecule has 0 saturated carbocycles. The molecule has 1 atom stereocenters. The predicted molar refractivity (Wildman–Crippen MR) is 108 cm³/mol. The molecule has 2 rings (SSSR count). The van der Waals surface area contributed by atoms with E-state index in [2.05, 4.69) is 5.32 Å². The van der Waals surface area contributed by atoms with Gasteiger partial charge in [0.1, 0.15) is 6.04 Å². The van der Waals surface area contributed by atoms with Crippen molar-refractivity contribution in [3.05, 3.63) is 58.6 Å². The largest absolute Gasteiger partial charge is 0.417 e. The molecule has 1 N–H and O–H groups in total. The van der Waals surface area contributed by atoms with Gasteiger partial charge in [0, 0.05) is 5.69 Å². The molecule has 0 aromatic heterocycles. The number of alkyl halides is 3. The Kier molecular flexibility index (Phi) is 6.85. The second-order valence-corrected chi connectivity index (χ2v) is 8.77. The number of hydrogen-bond donors (Lipinski definition) is 1. The highest BCUT2D eigenvalue weighted by Crippen LogP contribution is 2.36. The molecular weight excluding hydrogens is 429 g/mol. The van der Waals surface area contributed by atoms with Crippen molar-refractivity contribution >= 4 is 38.9 Å². The fourth-order valence-electron chi connectivity index (χ4n) is 2.80. The lowest BCUT2D eigenvalue weighted by molar-refractivity contribution is -0.137. The second-order valence-electron chi connectivity index (χ2n) is 6.50. The highest BCUT2D eigenvalue weighted by molar-refractivity contribution is 7.92. The number of hydrogen-bond acceptors (Lipinski definition) is 3. The van der Waals surface area contributed by atoms with Crippen molar-refractivity contribution in [3.8, 4) is 0 Å². The summed E-state index contributed by atoms with van der Waals surface area (Å²) in [6, 6.07) is 8.34. The van der Waals surface area contributed by atoms with Gasteiger partial charge in [0.2, 0.25) is 15.9 Å². The standard InChI is InChI=1S/C19H20ClF3N2O3S/c1-4-17(25(29(3,27)28)14-8-5-12(2)6-9-14)18(26)24-13-7-10-16(20)15(11-13)19(21,22)23/h5-11,17H,4H2,1-3H3,(H,24,26)/t17-/m1/s1. The minimum atomic E-state index is -4.69. The molecule has 0 unspecified atom stereocenters. The number of benzene rings is 2. The normalized spacial score (nSPS) is 13.1. The van der Waals surface area contributed by atoms with E-state index in [0.29, 0.717) is 6.07 Å². The van der Waals surface area contributed by atoms with E-state index < -0.39 is 38.7 Å². The first-order valence-corrected chi connectivity index (χ1v) is 10.8. The lowest BCUT2D eigenvalue weighted by Crippen LogP contribution is -2.47. The SMILES string of the molecule is CC[C@H](C(=O)Nc1ccc(Cl)c(C(F)(F)F)c1)N(c1ccc(C)cc1)S(C)(=O)=O. The molecule has 0 heterocycles. The number of sulfonamides is 1. The van der Waals surface area contributed by atoms with Crippen LogP contribution in [0.4, 0.5) is 24.5 Å². The zero-order chi connectivity index (χ0) is 22.0. The molecule has 0 spiro atoms. The number of amides is 1. The lowest BCUT2D eigenvalue weighted by atomic mass is 10.1. The van der Waals surface area contributed by atoms with Crippen molar-refractivity contribution in [3.63, 3.8) is 0 Å². The monoisotopic (exact) mass is 448 g/mol. The van der Waals surface area contributed by atoms with E-state index in [0.717, 1.165) is 22.2 Å². The van der Waals surface area contributed by atoms with Crippen LogP contribution in [0.25, 0.3) is 0 Å². The van der Waals surface area contributed by atoms with Gasteiger partial charge in [0.05, 0.1) is 22.5 Å². The van der Waals surface area contributed by atoms with Crippen molar-refractivity contribution in [2.75, 3.05) is 15.9 Å². The van der Waals surface area contributed by atoms with Crippen molar-refractivity contribution in [1.82, 2.24) is 0 Å². The zero-order valence-electron chi connectivity index (χ0n) is 15.9. The van der Waals surface area contributed by atoms with Crippen LogP contribution >= 0.6 is 11.6 Å². The summed E-state index contributed by atoms with van der Waals surface area (Å²) in [4.78, 5) is 12.8. The fourth-order valence-corrected chi connectivity index (χ4v) is 4.23. The quantitative estimate of drug-likeness (QED) is 0.687. The van der Waals surface area contributed by atoms with Crippen LogP contribution in [0.1, 0.15) is 24.5 Å². The van der Waals surface area contributed by atoms with Gasteiger partial charge in [-0.25, -0.2) is 8.42 Å². The van der Waals surface area contributed by atoms with Gasteiger partial charge >= 0.3 is 6.18 Å². The molecule has 2 aromatic rings.